The molecule has 0 fully saturated rings. The van der Waals surface area contributed by atoms with E-state index in [-0.39, 0.29) is 5.43 Å². The van der Waals surface area contributed by atoms with Gasteiger partial charge in [-0.15, -0.1) is 0 Å². The average molecular weight is 299 g/mol. The lowest BCUT2D eigenvalue weighted by Gasteiger charge is -2.03. The maximum atomic E-state index is 11.7. The lowest BCUT2D eigenvalue weighted by Crippen LogP contribution is -2.05. The normalized spacial score (nSPS) is 10.7. The topological polar surface area (TPSA) is 32.9 Å². The number of aromatic nitrogens is 1. The van der Waals surface area contributed by atoms with Gasteiger partial charge in [0.25, 0.3) is 0 Å². The number of nitrogens with one attached hydrogen (secondary N) is 1. The molecule has 0 amide bonds. The Morgan fingerprint density at radius 3 is 2.93 bits per heavy atom. The highest BCUT2D eigenvalue weighted by Gasteiger charge is 2.03. The lowest BCUT2D eigenvalue weighted by molar-refractivity contribution is 1.05. The second-order valence-corrected chi connectivity index (χ2v) is 4.34. The van der Waals surface area contributed by atoms with E-state index in [0.717, 1.165) is 26.6 Å². The molecule has 0 bridgehead atoms. The van der Waals surface area contributed by atoms with Gasteiger partial charge in [-0.25, -0.2) is 0 Å². The summed E-state index contributed by atoms with van der Waals surface area (Å²) < 4.78 is 1.09. The van der Waals surface area contributed by atoms with E-state index in [1.807, 2.05) is 25.1 Å². The summed E-state index contributed by atoms with van der Waals surface area (Å²) in [6.45, 7) is 2.03. The van der Waals surface area contributed by atoms with Crippen molar-refractivity contribution in [3.05, 3.63) is 43.8 Å². The largest absolute Gasteiger partial charge is 0.357 e. The molecular formula is C11H10INO. The fraction of sp³-hybridized carbons (Fsp3) is 0.182. The van der Waals surface area contributed by atoms with E-state index in [1.54, 1.807) is 6.07 Å². The highest BCUT2D eigenvalue weighted by molar-refractivity contribution is 14.1. The van der Waals surface area contributed by atoms with E-state index >= 15 is 0 Å². The number of pyridine rings is 1. The first-order valence-electron chi connectivity index (χ1n) is 4.53. The van der Waals surface area contributed by atoms with Crippen LogP contribution in [0, 0.1) is 3.57 Å². The third kappa shape index (κ3) is 1.56. The van der Waals surface area contributed by atoms with Gasteiger partial charge in [-0.3, -0.25) is 4.79 Å². The van der Waals surface area contributed by atoms with Gasteiger partial charge in [-0.2, -0.15) is 0 Å². The molecule has 72 valence electrons. The summed E-state index contributed by atoms with van der Waals surface area (Å²) >= 11 is 2.24. The zero-order valence-corrected chi connectivity index (χ0v) is 9.96. The molecule has 0 aliphatic carbocycles. The Bertz CT molecular complexity index is 530. The molecule has 1 aromatic carbocycles. The van der Waals surface area contributed by atoms with Gasteiger partial charge in [0.05, 0.1) is 5.52 Å². The van der Waals surface area contributed by atoms with Crippen molar-refractivity contribution in [3.63, 3.8) is 0 Å². The molecule has 3 heteroatoms. The molecule has 0 unspecified atom stereocenters. The molecular weight excluding hydrogens is 289 g/mol. The summed E-state index contributed by atoms with van der Waals surface area (Å²) in [4.78, 5) is 15.0. The highest BCUT2D eigenvalue weighted by atomic mass is 127. The molecule has 0 aliphatic rings. The standard InChI is InChI=1S/C11H10INO/c1-2-7-6-10(14)8-4-3-5-9(12)11(8)13-7/h3-6H,2H2,1H3,(H,13,14). The molecule has 2 rings (SSSR count). The molecule has 0 saturated heterocycles. The van der Waals surface area contributed by atoms with Gasteiger partial charge in [-0.05, 0) is 41.1 Å². The first kappa shape index (κ1) is 9.71. The molecule has 2 nitrogen and oxygen atoms in total. The number of para-hydroxylation sites is 1. The van der Waals surface area contributed by atoms with Crippen LogP contribution >= 0.6 is 22.6 Å². The van der Waals surface area contributed by atoms with Crippen molar-refractivity contribution < 1.29 is 0 Å². The van der Waals surface area contributed by atoms with Crippen molar-refractivity contribution in [3.8, 4) is 0 Å². The van der Waals surface area contributed by atoms with Gasteiger partial charge in [0.1, 0.15) is 0 Å². The third-order valence-electron chi connectivity index (χ3n) is 2.25. The SMILES string of the molecule is CCc1cc(=O)c2cccc(I)c2[nH]1. The fourth-order valence-corrected chi connectivity index (χ4v) is 2.11. The molecule has 14 heavy (non-hydrogen) atoms. The number of hydrogen-bond donors (Lipinski definition) is 1. The minimum atomic E-state index is 0.106. The second kappa shape index (κ2) is 3.73. The first-order valence-corrected chi connectivity index (χ1v) is 5.60. The third-order valence-corrected chi connectivity index (χ3v) is 3.15. The summed E-state index contributed by atoms with van der Waals surface area (Å²) in [6.07, 6.45) is 0.857. The van der Waals surface area contributed by atoms with Crippen molar-refractivity contribution in [2.24, 2.45) is 0 Å². The number of rotatable bonds is 1. The number of aryl methyl sites for hydroxylation is 1. The first-order chi connectivity index (χ1) is 6.72. The minimum Gasteiger partial charge on any atom is -0.357 e. The number of halogens is 1. The summed E-state index contributed by atoms with van der Waals surface area (Å²) in [7, 11) is 0. The zero-order chi connectivity index (χ0) is 10.1. The van der Waals surface area contributed by atoms with Crippen molar-refractivity contribution in [2.75, 3.05) is 0 Å². The number of fused-ring (bicyclic) bond motifs is 1. The van der Waals surface area contributed by atoms with Crippen molar-refractivity contribution in [1.82, 2.24) is 4.98 Å². The monoisotopic (exact) mass is 299 g/mol. The van der Waals surface area contributed by atoms with E-state index < -0.39 is 0 Å². The summed E-state index contributed by atoms with van der Waals surface area (Å²) in [5, 5.41) is 0.772. The van der Waals surface area contributed by atoms with Gasteiger partial charge < -0.3 is 4.98 Å². The van der Waals surface area contributed by atoms with Crippen molar-refractivity contribution in [1.29, 1.82) is 0 Å². The maximum Gasteiger partial charge on any atom is 0.189 e. The second-order valence-electron chi connectivity index (χ2n) is 3.17. The van der Waals surface area contributed by atoms with E-state index in [2.05, 4.69) is 27.6 Å². The molecule has 0 spiro atoms. The predicted octanol–water partition coefficient (Wildman–Crippen LogP) is 2.70. The number of benzene rings is 1. The van der Waals surface area contributed by atoms with Gasteiger partial charge in [0, 0.05) is 20.7 Å². The van der Waals surface area contributed by atoms with Crippen LogP contribution in [0.4, 0.5) is 0 Å². The van der Waals surface area contributed by atoms with E-state index in [0.29, 0.717) is 0 Å². The van der Waals surface area contributed by atoms with Crippen LogP contribution in [0.15, 0.2) is 29.1 Å². The lowest BCUT2D eigenvalue weighted by atomic mass is 10.2. The number of H-pyrrole nitrogens is 1. The van der Waals surface area contributed by atoms with E-state index in [4.69, 9.17) is 0 Å². The molecule has 1 aromatic heterocycles. The van der Waals surface area contributed by atoms with Crippen LogP contribution in [-0.4, -0.2) is 4.98 Å². The van der Waals surface area contributed by atoms with Gasteiger partial charge in [-0.1, -0.05) is 13.0 Å². The Balaban J connectivity index is 2.91. The smallest absolute Gasteiger partial charge is 0.189 e. The number of aromatic amines is 1. The van der Waals surface area contributed by atoms with Crippen LogP contribution in [-0.2, 0) is 6.42 Å². The van der Waals surface area contributed by atoms with Gasteiger partial charge in [0.2, 0.25) is 0 Å². The quantitative estimate of drug-likeness (QED) is 0.807. The molecule has 1 N–H and O–H groups in total. The molecule has 0 atom stereocenters. The minimum absolute atomic E-state index is 0.106. The average Bonchev–Trinajstić information content (AvgIpc) is 2.19. The van der Waals surface area contributed by atoms with Gasteiger partial charge >= 0.3 is 0 Å². The van der Waals surface area contributed by atoms with Crippen LogP contribution in [0.1, 0.15) is 12.6 Å². The summed E-state index contributed by atoms with van der Waals surface area (Å²) in [5.74, 6) is 0. The molecule has 2 aromatic rings. The van der Waals surface area contributed by atoms with Crippen LogP contribution in [0.2, 0.25) is 0 Å². The Labute approximate surface area is 95.5 Å². The Morgan fingerprint density at radius 1 is 1.43 bits per heavy atom. The van der Waals surface area contributed by atoms with Crippen molar-refractivity contribution >= 4 is 33.5 Å². The maximum absolute atomic E-state index is 11.7. The fourth-order valence-electron chi connectivity index (χ4n) is 1.48. The van der Waals surface area contributed by atoms with Crippen LogP contribution in [0.5, 0.6) is 0 Å². The summed E-state index contributed by atoms with van der Waals surface area (Å²) in [6, 6.07) is 7.44. The zero-order valence-electron chi connectivity index (χ0n) is 7.80. The number of hydrogen-bond acceptors (Lipinski definition) is 1. The molecule has 0 aliphatic heterocycles. The Kier molecular flexibility index (Phi) is 2.58. The van der Waals surface area contributed by atoms with Crippen LogP contribution in [0.3, 0.4) is 0 Å². The van der Waals surface area contributed by atoms with Gasteiger partial charge in [0.15, 0.2) is 5.43 Å². The highest BCUT2D eigenvalue weighted by Crippen LogP contribution is 2.15. The molecule has 1 heterocycles. The Hall–Kier alpha value is -0.840. The molecule has 0 radical (unpaired) electrons. The van der Waals surface area contributed by atoms with Crippen molar-refractivity contribution in [2.45, 2.75) is 13.3 Å². The Morgan fingerprint density at radius 2 is 2.21 bits per heavy atom. The van der Waals surface area contributed by atoms with Crippen LogP contribution < -0.4 is 5.43 Å². The molecule has 0 saturated carbocycles. The van der Waals surface area contributed by atoms with Crippen LogP contribution in [0.25, 0.3) is 10.9 Å². The predicted molar refractivity (Wildman–Crippen MR) is 66.7 cm³/mol. The summed E-state index contributed by atoms with van der Waals surface area (Å²) in [5.41, 5.74) is 2.05. The van der Waals surface area contributed by atoms with E-state index in [1.165, 1.54) is 0 Å². The van der Waals surface area contributed by atoms with E-state index in [9.17, 15) is 4.79 Å².